The molecule has 2 N–H and O–H groups in total. The Morgan fingerprint density at radius 3 is 2.76 bits per heavy atom. The van der Waals surface area contributed by atoms with Crippen LogP contribution in [0.25, 0.3) is 0 Å². The highest BCUT2D eigenvalue weighted by atomic mass is 16.4. The number of aliphatic carboxylic acids is 1. The van der Waals surface area contributed by atoms with E-state index >= 15 is 0 Å². The van der Waals surface area contributed by atoms with Crippen LogP contribution in [0.15, 0.2) is 23.0 Å². The molecule has 0 aliphatic carbocycles. The van der Waals surface area contributed by atoms with Crippen molar-refractivity contribution in [3.63, 3.8) is 0 Å². The second-order valence-corrected chi connectivity index (χ2v) is 7.25. The minimum atomic E-state index is -1.00. The maximum absolute atomic E-state index is 12.6. The number of carboxylic acids is 1. The summed E-state index contributed by atoms with van der Waals surface area (Å²) >= 11 is 0. The van der Waals surface area contributed by atoms with Crippen LogP contribution in [-0.4, -0.2) is 45.7 Å². The van der Waals surface area contributed by atoms with E-state index in [4.69, 9.17) is 0 Å². The number of hydrogen-bond donors (Lipinski definition) is 2. The fourth-order valence-electron chi connectivity index (χ4n) is 3.97. The number of fused-ring (bicyclic) bond motifs is 4. The number of carbonyl (C=O) groups is 2. The number of urea groups is 1. The topological polar surface area (TPSA) is 91.6 Å². The van der Waals surface area contributed by atoms with Crippen LogP contribution < -0.4 is 10.9 Å². The fraction of sp³-hybridized carbons (Fsp3) is 0.611. The number of carboxylic acid groups (broad SMARTS) is 1. The molecule has 1 aromatic heterocycles. The summed E-state index contributed by atoms with van der Waals surface area (Å²) in [5.74, 6) is -0.787. The van der Waals surface area contributed by atoms with E-state index < -0.39 is 12.0 Å². The molecule has 3 rings (SSSR count). The number of likely N-dealkylation sites (tertiary alicyclic amines) is 1. The summed E-state index contributed by atoms with van der Waals surface area (Å²) < 4.78 is 1.81. The summed E-state index contributed by atoms with van der Waals surface area (Å²) in [5, 5.41) is 12.1. The van der Waals surface area contributed by atoms with E-state index in [0.29, 0.717) is 26.1 Å². The highest BCUT2D eigenvalue weighted by Crippen LogP contribution is 2.34. The molecule has 1 unspecified atom stereocenters. The number of nitrogens with one attached hydrogen (secondary N) is 1. The van der Waals surface area contributed by atoms with Crippen molar-refractivity contribution < 1.29 is 14.7 Å². The monoisotopic (exact) mass is 347 g/mol. The van der Waals surface area contributed by atoms with Crippen LogP contribution in [-0.2, 0) is 11.3 Å². The van der Waals surface area contributed by atoms with Crippen molar-refractivity contribution in [2.24, 2.45) is 11.8 Å². The van der Waals surface area contributed by atoms with Gasteiger partial charge in [-0.05, 0) is 24.3 Å². The predicted molar refractivity (Wildman–Crippen MR) is 92.5 cm³/mol. The number of carbonyl (C=O) groups excluding carboxylic acids is 1. The Balaban J connectivity index is 1.75. The summed E-state index contributed by atoms with van der Waals surface area (Å²) in [6.45, 7) is 5.41. The smallest absolute Gasteiger partial charge is 0.326 e. The molecular formula is C18H25N3O4. The number of aromatic nitrogens is 1. The Bertz CT molecular complexity index is 729. The lowest BCUT2D eigenvalue weighted by Crippen LogP contribution is -2.55. The van der Waals surface area contributed by atoms with E-state index in [0.717, 1.165) is 12.1 Å². The Morgan fingerprint density at radius 1 is 1.32 bits per heavy atom. The molecule has 2 bridgehead atoms. The Morgan fingerprint density at radius 2 is 2.08 bits per heavy atom. The van der Waals surface area contributed by atoms with E-state index in [-0.39, 0.29) is 29.3 Å². The van der Waals surface area contributed by atoms with Crippen molar-refractivity contribution in [3.05, 3.63) is 34.2 Å². The second-order valence-electron chi connectivity index (χ2n) is 7.25. The molecule has 3 heterocycles. The quantitative estimate of drug-likeness (QED) is 0.863. The molecule has 0 spiro atoms. The Labute approximate surface area is 146 Å². The first-order valence-electron chi connectivity index (χ1n) is 8.88. The molecular weight excluding hydrogens is 322 g/mol. The molecule has 2 amide bonds. The van der Waals surface area contributed by atoms with Gasteiger partial charge in [-0.1, -0.05) is 26.3 Å². The zero-order chi connectivity index (χ0) is 18.1. The van der Waals surface area contributed by atoms with Gasteiger partial charge in [-0.15, -0.1) is 0 Å². The lowest BCUT2D eigenvalue weighted by atomic mass is 9.83. The van der Waals surface area contributed by atoms with E-state index in [1.807, 2.05) is 24.5 Å². The van der Waals surface area contributed by atoms with Crippen molar-refractivity contribution in [1.82, 2.24) is 14.8 Å². The molecule has 7 nitrogen and oxygen atoms in total. The molecule has 1 fully saturated rings. The van der Waals surface area contributed by atoms with Crippen LogP contribution >= 0.6 is 0 Å². The summed E-state index contributed by atoms with van der Waals surface area (Å²) in [4.78, 5) is 37.8. The first-order chi connectivity index (χ1) is 11.9. The van der Waals surface area contributed by atoms with Crippen molar-refractivity contribution in [3.8, 4) is 0 Å². The highest BCUT2D eigenvalue weighted by molar-refractivity contribution is 5.83. The van der Waals surface area contributed by atoms with E-state index in [1.54, 1.807) is 17.0 Å². The third-order valence-corrected chi connectivity index (χ3v) is 5.52. The van der Waals surface area contributed by atoms with Crippen LogP contribution in [0.5, 0.6) is 0 Å². The highest BCUT2D eigenvalue weighted by Gasteiger charge is 2.37. The zero-order valence-corrected chi connectivity index (χ0v) is 14.6. The molecule has 4 atom stereocenters. The molecule has 136 valence electrons. The lowest BCUT2D eigenvalue weighted by Gasteiger charge is -2.43. The molecule has 1 saturated heterocycles. The van der Waals surface area contributed by atoms with Gasteiger partial charge < -0.3 is 19.9 Å². The number of rotatable bonds is 4. The Hall–Kier alpha value is -2.31. The summed E-state index contributed by atoms with van der Waals surface area (Å²) in [6.07, 6.45) is 1.64. The third-order valence-electron chi connectivity index (χ3n) is 5.52. The van der Waals surface area contributed by atoms with Gasteiger partial charge in [-0.2, -0.15) is 0 Å². The minimum absolute atomic E-state index is 0.00723. The van der Waals surface area contributed by atoms with E-state index in [1.165, 1.54) is 0 Å². The van der Waals surface area contributed by atoms with Gasteiger partial charge in [-0.3, -0.25) is 4.79 Å². The molecule has 0 aromatic carbocycles. The first-order valence-corrected chi connectivity index (χ1v) is 8.88. The minimum Gasteiger partial charge on any atom is -0.480 e. The molecule has 2 aliphatic heterocycles. The Kier molecular flexibility index (Phi) is 4.83. The van der Waals surface area contributed by atoms with Gasteiger partial charge in [0.25, 0.3) is 5.56 Å². The van der Waals surface area contributed by atoms with Crippen LogP contribution in [0, 0.1) is 11.8 Å². The summed E-state index contributed by atoms with van der Waals surface area (Å²) in [5.41, 5.74) is 0.978. The van der Waals surface area contributed by atoms with Gasteiger partial charge >= 0.3 is 12.0 Å². The zero-order valence-electron chi connectivity index (χ0n) is 14.6. The number of pyridine rings is 1. The van der Waals surface area contributed by atoms with Crippen molar-refractivity contribution >= 4 is 12.0 Å². The van der Waals surface area contributed by atoms with Crippen molar-refractivity contribution in [1.29, 1.82) is 0 Å². The van der Waals surface area contributed by atoms with Crippen molar-refractivity contribution in [2.75, 3.05) is 13.1 Å². The van der Waals surface area contributed by atoms with Gasteiger partial charge in [0.05, 0.1) is 0 Å². The molecule has 7 heteroatoms. The molecule has 0 saturated carbocycles. The van der Waals surface area contributed by atoms with Gasteiger partial charge in [0.2, 0.25) is 0 Å². The summed E-state index contributed by atoms with van der Waals surface area (Å²) in [6, 6.07) is 4.07. The first kappa shape index (κ1) is 17.5. The average Bonchev–Trinajstić information content (AvgIpc) is 2.59. The largest absolute Gasteiger partial charge is 0.480 e. The average molecular weight is 347 g/mol. The van der Waals surface area contributed by atoms with Crippen LogP contribution in [0.4, 0.5) is 4.79 Å². The fourth-order valence-corrected chi connectivity index (χ4v) is 3.97. The van der Waals surface area contributed by atoms with Gasteiger partial charge in [0.15, 0.2) is 0 Å². The van der Waals surface area contributed by atoms with Gasteiger partial charge in [0.1, 0.15) is 6.04 Å². The number of piperidine rings is 1. The van der Waals surface area contributed by atoms with Gasteiger partial charge in [0, 0.05) is 37.3 Å². The van der Waals surface area contributed by atoms with Crippen LogP contribution in [0.3, 0.4) is 0 Å². The maximum atomic E-state index is 12.6. The van der Waals surface area contributed by atoms with Crippen LogP contribution in [0.2, 0.25) is 0 Å². The normalized spacial score (nSPS) is 24.2. The number of nitrogens with zero attached hydrogens (tertiary/aromatic N) is 2. The van der Waals surface area contributed by atoms with E-state index in [9.17, 15) is 19.5 Å². The maximum Gasteiger partial charge on any atom is 0.326 e. The predicted octanol–water partition coefficient (Wildman–Crippen LogP) is 1.48. The molecule has 25 heavy (non-hydrogen) atoms. The summed E-state index contributed by atoms with van der Waals surface area (Å²) in [7, 11) is 0. The molecule has 0 radical (unpaired) electrons. The number of amides is 2. The number of hydrogen-bond acceptors (Lipinski definition) is 3. The second kappa shape index (κ2) is 6.90. The molecule has 2 aliphatic rings. The lowest BCUT2D eigenvalue weighted by molar-refractivity contribution is -0.140. The van der Waals surface area contributed by atoms with E-state index in [2.05, 4.69) is 5.32 Å². The molecule has 1 aromatic rings. The van der Waals surface area contributed by atoms with Gasteiger partial charge in [-0.25, -0.2) is 9.59 Å². The van der Waals surface area contributed by atoms with Crippen molar-refractivity contribution in [2.45, 2.75) is 45.2 Å². The SMILES string of the molecule is CCC(C)[C@H](NC(=O)N1C[C@@H]2C[C@@H](C1)c1cccc(=O)n1C2)C(=O)O. The van der Waals surface area contributed by atoms with Crippen LogP contribution in [0.1, 0.15) is 38.3 Å². The third kappa shape index (κ3) is 3.41. The standard InChI is InChI=1S/C18H25N3O4/c1-3-11(2)16(17(23)24)19-18(25)20-8-12-7-13(10-20)14-5-4-6-15(22)21(14)9-12/h4-6,11-13,16H,3,7-10H2,1-2H3,(H,19,25)(H,23,24)/t11?,12-,13-,16-/m0/s1.